The van der Waals surface area contributed by atoms with Gasteiger partial charge in [0.2, 0.25) is 0 Å². The van der Waals surface area contributed by atoms with Crippen LogP contribution in [0, 0.1) is 18.6 Å². The van der Waals surface area contributed by atoms with Crippen LogP contribution in [-0.4, -0.2) is 26.7 Å². The number of aliphatic carboxylic acids is 1. The van der Waals surface area contributed by atoms with Crippen LogP contribution in [0.1, 0.15) is 48.3 Å². The number of carboxylic acid groups (broad SMARTS) is 1. The van der Waals surface area contributed by atoms with Crippen molar-refractivity contribution < 1.29 is 28.6 Å². The molecule has 2 aromatic carbocycles. The summed E-state index contributed by atoms with van der Waals surface area (Å²) in [5.41, 5.74) is -1.33. The maximum Gasteiger partial charge on any atom is 0.313 e. The zero-order chi connectivity index (χ0) is 22.4. The van der Waals surface area contributed by atoms with E-state index in [1.807, 2.05) is 0 Å². The predicted molar refractivity (Wildman–Crippen MR) is 109 cm³/mol. The summed E-state index contributed by atoms with van der Waals surface area (Å²) < 4.78 is 30.3. The molecule has 3 aromatic rings. The number of carboxylic acids is 1. The lowest BCUT2D eigenvalue weighted by molar-refractivity contribution is -0.143. The first-order valence-electron chi connectivity index (χ1n) is 9.30. The maximum atomic E-state index is 15.0. The first-order valence-corrected chi connectivity index (χ1v) is 9.68. The minimum atomic E-state index is -1.56. The molecule has 8 heteroatoms. The van der Waals surface area contributed by atoms with Crippen molar-refractivity contribution in [2.45, 2.75) is 39.0 Å². The summed E-state index contributed by atoms with van der Waals surface area (Å²) >= 11 is 5.87. The van der Waals surface area contributed by atoms with Crippen molar-refractivity contribution >= 4 is 34.4 Å². The molecule has 1 heterocycles. The van der Waals surface area contributed by atoms with Crippen LogP contribution in [0.25, 0.3) is 10.9 Å². The fourth-order valence-electron chi connectivity index (χ4n) is 3.98. The van der Waals surface area contributed by atoms with Gasteiger partial charge in [-0.3, -0.25) is 14.2 Å². The molecule has 0 spiro atoms. The van der Waals surface area contributed by atoms with E-state index in [0.717, 1.165) is 10.6 Å². The number of phenols is 1. The smallest absolute Gasteiger partial charge is 0.313 e. The number of fused-ring (bicyclic) bond motifs is 1. The topological polar surface area (TPSA) is 79.5 Å². The third-order valence-corrected chi connectivity index (χ3v) is 5.68. The molecule has 0 aliphatic heterocycles. The standard InChI is InChI=1S/C22H20ClF2NO4/c1-4-9-22(3,21(29)30)17-11(2)26(20(28)12-5-7-13(23)8-6-12)15-10-14(24)19(27)18(25)16(15)17/h5-8,10,27H,4,9H2,1-3H3,(H,29,30)/t22-/m1/s1. The van der Waals surface area contributed by atoms with Crippen molar-refractivity contribution in [2.24, 2.45) is 0 Å². The Morgan fingerprint density at radius 2 is 1.80 bits per heavy atom. The maximum absolute atomic E-state index is 15.0. The fraction of sp³-hybridized carbons (Fsp3) is 0.273. The highest BCUT2D eigenvalue weighted by Gasteiger charge is 2.41. The second kappa shape index (κ2) is 7.72. The largest absolute Gasteiger partial charge is 0.503 e. The van der Waals surface area contributed by atoms with Gasteiger partial charge in [0.05, 0.1) is 10.9 Å². The van der Waals surface area contributed by atoms with Crippen molar-refractivity contribution in [1.82, 2.24) is 4.57 Å². The average molecular weight is 436 g/mol. The van der Waals surface area contributed by atoms with Crippen molar-refractivity contribution in [3.8, 4) is 5.75 Å². The van der Waals surface area contributed by atoms with E-state index >= 15 is 4.39 Å². The van der Waals surface area contributed by atoms with Crippen LogP contribution in [0.15, 0.2) is 30.3 Å². The van der Waals surface area contributed by atoms with E-state index in [0.29, 0.717) is 11.4 Å². The van der Waals surface area contributed by atoms with Gasteiger partial charge in [0.15, 0.2) is 17.4 Å². The molecule has 0 saturated heterocycles. The Morgan fingerprint density at radius 1 is 1.20 bits per heavy atom. The van der Waals surface area contributed by atoms with Gasteiger partial charge in [-0.05, 0) is 44.5 Å². The van der Waals surface area contributed by atoms with Crippen LogP contribution in [0.2, 0.25) is 5.02 Å². The molecule has 3 rings (SSSR count). The zero-order valence-electron chi connectivity index (χ0n) is 16.6. The molecule has 1 atom stereocenters. The summed E-state index contributed by atoms with van der Waals surface area (Å²) in [7, 11) is 0. The minimum absolute atomic E-state index is 0.0296. The van der Waals surface area contributed by atoms with Crippen LogP contribution >= 0.6 is 11.6 Å². The zero-order valence-corrected chi connectivity index (χ0v) is 17.3. The van der Waals surface area contributed by atoms with Gasteiger partial charge in [0.1, 0.15) is 0 Å². The summed E-state index contributed by atoms with van der Waals surface area (Å²) in [4.78, 5) is 25.4. The molecular formula is C22H20ClF2NO4. The van der Waals surface area contributed by atoms with Crippen LogP contribution in [0.3, 0.4) is 0 Å². The summed E-state index contributed by atoms with van der Waals surface area (Å²) in [6.45, 7) is 4.69. The second-order valence-electron chi connectivity index (χ2n) is 7.41. The molecule has 5 nitrogen and oxygen atoms in total. The lowest BCUT2D eigenvalue weighted by atomic mass is 9.77. The molecule has 0 aliphatic carbocycles. The van der Waals surface area contributed by atoms with Crippen LogP contribution in [0.4, 0.5) is 8.78 Å². The number of nitrogens with zero attached hydrogens (tertiary/aromatic N) is 1. The Bertz CT molecular complexity index is 1170. The van der Waals surface area contributed by atoms with Crippen molar-refractivity contribution in [3.05, 3.63) is 63.8 Å². The van der Waals surface area contributed by atoms with Gasteiger partial charge >= 0.3 is 5.97 Å². The molecule has 1 aromatic heterocycles. The SMILES string of the molecule is CCC[C@@](C)(C(=O)O)c1c(C)n(C(=O)c2ccc(Cl)cc2)c2cc(F)c(O)c(F)c12. The van der Waals surface area contributed by atoms with Crippen LogP contribution < -0.4 is 0 Å². The Hall–Kier alpha value is -2.93. The highest BCUT2D eigenvalue weighted by Crippen LogP contribution is 2.43. The number of hydrogen-bond acceptors (Lipinski definition) is 3. The molecule has 0 saturated carbocycles. The molecular weight excluding hydrogens is 416 g/mol. The van der Waals surface area contributed by atoms with E-state index in [1.165, 1.54) is 38.1 Å². The van der Waals surface area contributed by atoms with E-state index in [-0.39, 0.29) is 34.1 Å². The van der Waals surface area contributed by atoms with Gasteiger partial charge in [-0.1, -0.05) is 24.9 Å². The van der Waals surface area contributed by atoms with Gasteiger partial charge in [-0.15, -0.1) is 0 Å². The molecule has 2 N–H and O–H groups in total. The molecule has 0 radical (unpaired) electrons. The summed E-state index contributed by atoms with van der Waals surface area (Å²) in [5, 5.41) is 19.9. The number of benzene rings is 2. The third-order valence-electron chi connectivity index (χ3n) is 5.43. The Balaban J connectivity index is 2.45. The highest BCUT2D eigenvalue weighted by molar-refractivity contribution is 6.30. The number of rotatable bonds is 5. The molecule has 0 bridgehead atoms. The van der Waals surface area contributed by atoms with Crippen molar-refractivity contribution in [3.63, 3.8) is 0 Å². The average Bonchev–Trinajstić information content (AvgIpc) is 2.98. The number of aromatic hydroxyl groups is 1. The number of phenolic OH excluding ortho intramolecular Hbond substituents is 1. The Kier molecular flexibility index (Phi) is 5.60. The molecule has 0 unspecified atom stereocenters. The monoisotopic (exact) mass is 435 g/mol. The van der Waals surface area contributed by atoms with E-state index in [2.05, 4.69) is 0 Å². The third kappa shape index (κ3) is 3.23. The molecule has 0 amide bonds. The van der Waals surface area contributed by atoms with E-state index < -0.39 is 34.7 Å². The van der Waals surface area contributed by atoms with Crippen LogP contribution in [-0.2, 0) is 10.2 Å². The number of halogens is 3. The van der Waals surface area contributed by atoms with Gasteiger partial charge in [-0.25, -0.2) is 8.78 Å². The second-order valence-corrected chi connectivity index (χ2v) is 7.85. The van der Waals surface area contributed by atoms with E-state index in [1.54, 1.807) is 6.92 Å². The van der Waals surface area contributed by atoms with E-state index in [9.17, 15) is 24.2 Å². The predicted octanol–water partition coefficient (Wildman–Crippen LogP) is 5.42. The lowest BCUT2D eigenvalue weighted by Gasteiger charge is -2.25. The number of aromatic nitrogens is 1. The molecule has 30 heavy (non-hydrogen) atoms. The number of carbonyl (C=O) groups is 2. The summed E-state index contributed by atoms with van der Waals surface area (Å²) in [6.07, 6.45) is 0.615. The van der Waals surface area contributed by atoms with Gasteiger partial charge in [0, 0.05) is 33.3 Å². The van der Waals surface area contributed by atoms with Crippen molar-refractivity contribution in [1.29, 1.82) is 0 Å². The van der Waals surface area contributed by atoms with Gasteiger partial charge in [0.25, 0.3) is 5.91 Å². The number of hydrogen-bond donors (Lipinski definition) is 2. The van der Waals surface area contributed by atoms with Gasteiger partial charge < -0.3 is 10.2 Å². The number of carbonyl (C=O) groups excluding carboxylic acids is 1. The normalized spacial score (nSPS) is 13.4. The first kappa shape index (κ1) is 21.8. The summed E-state index contributed by atoms with van der Waals surface area (Å²) in [5.74, 6) is -5.58. The fourth-order valence-corrected chi connectivity index (χ4v) is 4.11. The quantitative estimate of drug-likeness (QED) is 0.561. The summed E-state index contributed by atoms with van der Waals surface area (Å²) in [6, 6.07) is 6.77. The molecule has 0 aliphatic rings. The molecule has 0 fully saturated rings. The minimum Gasteiger partial charge on any atom is -0.503 e. The first-order chi connectivity index (χ1) is 14.0. The van der Waals surface area contributed by atoms with Crippen molar-refractivity contribution in [2.75, 3.05) is 0 Å². The Labute approximate surface area is 176 Å². The van der Waals surface area contributed by atoms with Crippen LogP contribution in [0.5, 0.6) is 5.75 Å². The highest BCUT2D eigenvalue weighted by atomic mass is 35.5. The lowest BCUT2D eigenvalue weighted by Crippen LogP contribution is -2.33. The Morgan fingerprint density at radius 3 is 2.33 bits per heavy atom. The van der Waals surface area contributed by atoms with E-state index in [4.69, 9.17) is 11.6 Å². The van der Waals surface area contributed by atoms with Gasteiger partial charge in [-0.2, -0.15) is 0 Å². The molecule has 158 valence electrons.